The zero-order chi connectivity index (χ0) is 66.4. The van der Waals surface area contributed by atoms with Gasteiger partial charge in [0, 0.05) is 59.8 Å². The Morgan fingerprint density at radius 2 is 0.670 bits per heavy atom. The van der Waals surface area contributed by atoms with E-state index in [0.29, 0.717) is 0 Å². The van der Waals surface area contributed by atoms with Gasteiger partial charge in [-0.2, -0.15) is 0 Å². The van der Waals surface area contributed by atoms with Crippen molar-refractivity contribution in [1.29, 1.82) is 0 Å². The van der Waals surface area contributed by atoms with Crippen molar-refractivity contribution in [2.75, 3.05) is 9.80 Å². The highest BCUT2D eigenvalue weighted by Crippen LogP contribution is 2.65. The van der Waals surface area contributed by atoms with Crippen LogP contribution in [-0.2, 0) is 21.7 Å². The summed E-state index contributed by atoms with van der Waals surface area (Å²) in [5.41, 5.74) is 18.8. The molecule has 0 saturated carbocycles. The fourth-order valence-electron chi connectivity index (χ4n) is 15.1. The second-order valence-corrected chi connectivity index (χ2v) is 33.2. The van der Waals surface area contributed by atoms with Gasteiger partial charge in [-0.15, -0.1) is 0 Å². The molecule has 16 rings (SSSR count). The minimum absolute atomic E-state index is 0.0451. The van der Waals surface area contributed by atoms with E-state index in [0.717, 1.165) is 116 Å². The van der Waals surface area contributed by atoms with E-state index in [1.165, 1.54) is 37.1 Å². The molecule has 0 amide bonds. The maximum atomic E-state index is 7.73. The van der Waals surface area contributed by atoms with E-state index in [-0.39, 0.29) is 16.2 Å². The van der Waals surface area contributed by atoms with Crippen LogP contribution in [0, 0.1) is 0 Å². The lowest BCUT2D eigenvalue weighted by molar-refractivity contribution is 0.589. The average molecular weight is 1290 g/mol. The van der Waals surface area contributed by atoms with Gasteiger partial charge >= 0.3 is 0 Å². The molecule has 1 atom stereocenters. The fraction of sp³-hybridized carbons (Fsp3) is 0.143. The van der Waals surface area contributed by atoms with Crippen molar-refractivity contribution in [3.8, 4) is 11.1 Å². The lowest BCUT2D eigenvalue weighted by Gasteiger charge is -2.36. The lowest BCUT2D eigenvalue weighted by Crippen LogP contribution is -2.51. The number of benzene rings is 13. The molecule has 2 aromatic heterocycles. The Balaban J connectivity index is 1.07. The normalized spacial score (nSPS) is 14.0. The highest BCUT2D eigenvalue weighted by Gasteiger charge is 2.51. The van der Waals surface area contributed by atoms with Gasteiger partial charge in [0.2, 0.25) is 0 Å². The van der Waals surface area contributed by atoms with Crippen molar-refractivity contribution < 1.29 is 8.83 Å². The molecule has 1 aliphatic rings. The predicted octanol–water partition coefficient (Wildman–Crippen LogP) is 23.1. The van der Waals surface area contributed by atoms with Gasteiger partial charge in [0.15, 0.2) is 5.58 Å². The third-order valence-corrected chi connectivity index (χ3v) is 24.2. The molecular weight excluding hydrogens is 1210 g/mol. The monoisotopic (exact) mass is 1290 g/mol. The Bertz CT molecular complexity index is 5340. The van der Waals surface area contributed by atoms with Gasteiger partial charge in [0.25, 0.3) is 0 Å². The second-order valence-electron chi connectivity index (χ2n) is 29.2. The number of rotatable bonds is 13. The smallest absolute Gasteiger partial charge is 0.160 e. The number of hydrogen-bond donors (Lipinski definition) is 0. The van der Waals surface area contributed by atoms with Gasteiger partial charge in [-0.05, 0) is 152 Å². The predicted molar refractivity (Wildman–Crippen MR) is 413 cm³/mol. The maximum absolute atomic E-state index is 7.73. The first kappa shape index (κ1) is 61.5. The highest BCUT2D eigenvalue weighted by molar-refractivity contribution is 7.99. The van der Waals surface area contributed by atoms with Crippen molar-refractivity contribution in [3.63, 3.8) is 0 Å². The maximum Gasteiger partial charge on any atom is 0.160 e. The first-order valence-electron chi connectivity index (χ1n) is 34.0. The quantitative estimate of drug-likeness (QED) is 0.0849. The molecule has 0 N–H and O–H groups in total. The molecule has 97 heavy (non-hydrogen) atoms. The number of nitrogens with zero attached hydrogens (tertiary/aromatic N) is 2. The first-order chi connectivity index (χ1) is 47.0. The summed E-state index contributed by atoms with van der Waals surface area (Å²) < 4.78 is 15.3. The van der Waals surface area contributed by atoms with Gasteiger partial charge in [0.05, 0.1) is 22.2 Å². The zero-order valence-electron chi connectivity index (χ0n) is 56.6. The van der Waals surface area contributed by atoms with Gasteiger partial charge in [-0.25, -0.2) is 0 Å². The van der Waals surface area contributed by atoms with Crippen LogP contribution in [0.1, 0.15) is 101 Å². The molecule has 15 aromatic rings. The van der Waals surface area contributed by atoms with E-state index < -0.39 is 14.2 Å². The molecule has 1 aliphatic carbocycles. The molecule has 0 saturated heterocycles. The molecule has 1 unspecified atom stereocenters. The van der Waals surface area contributed by atoms with Crippen LogP contribution in [0.3, 0.4) is 0 Å². The number of hydrogen-bond acceptors (Lipinski definition) is 5. The molecular formula is C91H78N2O2SSi. The van der Waals surface area contributed by atoms with Crippen LogP contribution < -0.4 is 25.4 Å². The Kier molecular flexibility index (Phi) is 15.3. The Morgan fingerprint density at radius 3 is 1.14 bits per heavy atom. The van der Waals surface area contributed by atoms with Gasteiger partial charge in [-0.1, -0.05) is 296 Å². The Morgan fingerprint density at radius 1 is 0.320 bits per heavy atom. The number of anilines is 6. The van der Waals surface area contributed by atoms with E-state index in [2.05, 4.69) is 375 Å². The topological polar surface area (TPSA) is 32.8 Å². The van der Waals surface area contributed by atoms with E-state index in [1.54, 1.807) is 11.8 Å². The van der Waals surface area contributed by atoms with E-state index in [9.17, 15) is 0 Å². The van der Waals surface area contributed by atoms with Crippen LogP contribution >= 0.6 is 11.8 Å². The molecule has 4 nitrogen and oxygen atoms in total. The molecule has 0 aliphatic heterocycles. The summed E-state index contributed by atoms with van der Waals surface area (Å²) in [5, 5.41) is 8.23. The third-order valence-electron chi connectivity index (χ3n) is 20.0. The van der Waals surface area contributed by atoms with Crippen LogP contribution in [0.25, 0.3) is 55.0 Å². The zero-order valence-corrected chi connectivity index (χ0v) is 58.5. The first-order valence-corrected chi connectivity index (χ1v) is 36.5. The standard InChI is InChI=1S/C91H78N2O2SSi/c1-88(2,3)60-38-48-67(49-39-60)92(65-26-14-10-15-27-65)78-58-77-85(87-82(78)74-34-22-24-36-80(74)95-87)84-76(59-79(86-83(84)75-35-23-25-37-81(75)94-86)93(66-28-16-11-17-29-66)68-50-40-61(41-51-68)89(4,5)6)91(77,63-44-54-70(55-45-63)96-69-52-42-62(43-53-69)90(7,8)9)64-46-56-73(57-47-64)97(71-30-18-12-19-31-71)72-32-20-13-21-33-72/h10-59,97H,1-9H3. The van der Waals surface area contributed by atoms with E-state index in [4.69, 9.17) is 8.83 Å². The molecule has 0 spiro atoms. The Labute approximate surface area is 576 Å². The van der Waals surface area contributed by atoms with Gasteiger partial charge in [-0.3, -0.25) is 0 Å². The van der Waals surface area contributed by atoms with Crippen molar-refractivity contribution in [2.45, 2.75) is 93.8 Å². The summed E-state index contributed by atoms with van der Waals surface area (Å²) in [6.07, 6.45) is 0. The SMILES string of the molecule is CC(C)(C)c1ccc(Sc2ccc(C3(c4ccc([SiH](c5ccccc5)c5ccccc5)cc4)c4cc(N(c5ccccc5)c5ccc(C(C)(C)C)cc5)c5c(oc6ccccc65)c4-c4c3cc(N(c3ccccc3)c3ccc(C(C)(C)C)cc3)c3oc5ccccc5c43)cc2)cc1. The van der Waals surface area contributed by atoms with Crippen LogP contribution in [0.5, 0.6) is 0 Å². The summed E-state index contributed by atoms with van der Waals surface area (Å²) >= 11 is 1.81. The van der Waals surface area contributed by atoms with Crippen molar-refractivity contribution in [3.05, 3.63) is 342 Å². The molecule has 2 heterocycles. The van der Waals surface area contributed by atoms with Gasteiger partial charge < -0.3 is 18.6 Å². The molecule has 0 fully saturated rings. The lowest BCUT2D eigenvalue weighted by atomic mass is 9.67. The van der Waals surface area contributed by atoms with Crippen LogP contribution in [0.2, 0.25) is 0 Å². The van der Waals surface area contributed by atoms with Crippen molar-refractivity contribution >= 4 is 114 Å². The number of fused-ring (bicyclic) bond motifs is 11. The summed E-state index contributed by atoms with van der Waals surface area (Å²) in [6.45, 7) is 20.6. The minimum atomic E-state index is -2.01. The van der Waals surface area contributed by atoms with E-state index in [1.807, 2.05) is 0 Å². The number of para-hydroxylation sites is 4. The van der Waals surface area contributed by atoms with Crippen LogP contribution in [-0.4, -0.2) is 8.80 Å². The summed E-state index contributed by atoms with van der Waals surface area (Å²) in [4.78, 5) is 7.25. The minimum Gasteiger partial charge on any atom is -0.455 e. The van der Waals surface area contributed by atoms with E-state index >= 15 is 0 Å². The average Bonchev–Trinajstić information content (AvgIpc) is 1.50. The highest BCUT2D eigenvalue weighted by atomic mass is 32.2. The largest absolute Gasteiger partial charge is 0.455 e. The Hall–Kier alpha value is -10.4. The molecule has 0 bridgehead atoms. The molecule has 13 aromatic carbocycles. The summed E-state index contributed by atoms with van der Waals surface area (Å²) in [6, 6.07) is 113. The third kappa shape index (κ3) is 10.8. The van der Waals surface area contributed by atoms with Crippen LogP contribution in [0.4, 0.5) is 34.1 Å². The summed E-state index contributed by atoms with van der Waals surface area (Å²) in [5.74, 6) is 0. The van der Waals surface area contributed by atoms with Crippen LogP contribution in [0.15, 0.2) is 322 Å². The number of furan rings is 2. The molecule has 0 radical (unpaired) electrons. The second kappa shape index (κ2) is 24.1. The molecule has 474 valence electrons. The summed E-state index contributed by atoms with van der Waals surface area (Å²) in [7, 11) is -2.01. The van der Waals surface area contributed by atoms with Crippen molar-refractivity contribution in [1.82, 2.24) is 0 Å². The molecule has 6 heteroatoms. The fourth-order valence-corrected chi connectivity index (χ4v) is 18.9. The van der Waals surface area contributed by atoms with Gasteiger partial charge in [0.1, 0.15) is 25.5 Å². The van der Waals surface area contributed by atoms with Crippen molar-refractivity contribution in [2.24, 2.45) is 0 Å².